The highest BCUT2D eigenvalue weighted by molar-refractivity contribution is 7.18. The number of carbonyl (C=O) groups excluding carboxylic acids is 1. The summed E-state index contributed by atoms with van der Waals surface area (Å²) in [5.74, 6) is 0.954. The second-order valence-electron chi connectivity index (χ2n) is 5.33. The lowest BCUT2D eigenvalue weighted by molar-refractivity contribution is -0.117. The SMILES string of the molecule is CC[C@H](Nc1ccc2nc(C)sc2c1)C(=O)Nc1cc(C)on1. The topological polar surface area (TPSA) is 80.0 Å². The molecule has 0 spiro atoms. The number of nitrogens with one attached hydrogen (secondary N) is 2. The van der Waals surface area contributed by atoms with Gasteiger partial charge in [-0.1, -0.05) is 12.1 Å². The van der Waals surface area contributed by atoms with Crippen LogP contribution in [0.5, 0.6) is 0 Å². The fourth-order valence-corrected chi connectivity index (χ4v) is 3.19. The number of hydrogen-bond donors (Lipinski definition) is 2. The van der Waals surface area contributed by atoms with Crippen LogP contribution in [0.1, 0.15) is 24.1 Å². The molecule has 2 N–H and O–H groups in total. The highest BCUT2D eigenvalue weighted by atomic mass is 32.1. The molecule has 3 aromatic rings. The van der Waals surface area contributed by atoms with Gasteiger partial charge in [-0.25, -0.2) is 4.98 Å². The van der Waals surface area contributed by atoms with Crippen LogP contribution >= 0.6 is 11.3 Å². The van der Waals surface area contributed by atoms with Gasteiger partial charge in [-0.05, 0) is 38.5 Å². The molecule has 0 unspecified atom stereocenters. The molecule has 120 valence electrons. The summed E-state index contributed by atoms with van der Waals surface area (Å²) >= 11 is 1.64. The normalized spacial score (nSPS) is 12.3. The standard InChI is InChI=1S/C16H18N4O2S/c1-4-12(16(21)19-15-7-9(2)22-20-15)18-11-5-6-13-14(8-11)23-10(3)17-13/h5-8,12,18H,4H2,1-3H3,(H,19,20,21)/t12-/m0/s1. The second kappa shape index (κ2) is 6.37. The summed E-state index contributed by atoms with van der Waals surface area (Å²) in [5.41, 5.74) is 1.88. The Balaban J connectivity index is 1.73. The smallest absolute Gasteiger partial charge is 0.248 e. The zero-order chi connectivity index (χ0) is 16.4. The van der Waals surface area contributed by atoms with Crippen molar-refractivity contribution in [1.29, 1.82) is 0 Å². The summed E-state index contributed by atoms with van der Waals surface area (Å²) in [6, 6.07) is 7.27. The lowest BCUT2D eigenvalue weighted by Crippen LogP contribution is -2.34. The van der Waals surface area contributed by atoms with Gasteiger partial charge in [0.2, 0.25) is 5.91 Å². The van der Waals surface area contributed by atoms with E-state index in [9.17, 15) is 4.79 Å². The van der Waals surface area contributed by atoms with Crippen LogP contribution in [0.3, 0.4) is 0 Å². The maximum atomic E-state index is 12.4. The van der Waals surface area contributed by atoms with Crippen LogP contribution in [0.2, 0.25) is 0 Å². The molecule has 23 heavy (non-hydrogen) atoms. The summed E-state index contributed by atoms with van der Waals surface area (Å²) in [6.07, 6.45) is 0.655. The first-order valence-electron chi connectivity index (χ1n) is 7.43. The summed E-state index contributed by atoms with van der Waals surface area (Å²) < 4.78 is 6.06. The van der Waals surface area contributed by atoms with Crippen molar-refractivity contribution in [3.8, 4) is 0 Å². The number of aromatic nitrogens is 2. The van der Waals surface area contributed by atoms with E-state index >= 15 is 0 Å². The van der Waals surface area contributed by atoms with Crippen LogP contribution in [0.15, 0.2) is 28.8 Å². The van der Waals surface area contributed by atoms with Gasteiger partial charge in [-0.2, -0.15) is 0 Å². The highest BCUT2D eigenvalue weighted by Crippen LogP contribution is 2.25. The van der Waals surface area contributed by atoms with Crippen molar-refractivity contribution in [3.63, 3.8) is 0 Å². The number of nitrogens with zero attached hydrogens (tertiary/aromatic N) is 2. The van der Waals surface area contributed by atoms with Gasteiger partial charge in [0.1, 0.15) is 11.8 Å². The molecule has 0 aliphatic rings. The third-order valence-electron chi connectivity index (χ3n) is 3.44. The van der Waals surface area contributed by atoms with E-state index in [-0.39, 0.29) is 11.9 Å². The minimum Gasteiger partial charge on any atom is -0.374 e. The number of carbonyl (C=O) groups is 1. The Labute approximate surface area is 137 Å². The quantitative estimate of drug-likeness (QED) is 0.745. The van der Waals surface area contributed by atoms with Crippen LogP contribution in [0, 0.1) is 13.8 Å². The number of anilines is 2. The highest BCUT2D eigenvalue weighted by Gasteiger charge is 2.18. The van der Waals surface area contributed by atoms with E-state index in [0.29, 0.717) is 18.0 Å². The van der Waals surface area contributed by atoms with Gasteiger partial charge in [0, 0.05) is 11.8 Å². The zero-order valence-electron chi connectivity index (χ0n) is 13.2. The van der Waals surface area contributed by atoms with Crippen molar-refractivity contribution in [2.24, 2.45) is 0 Å². The maximum Gasteiger partial charge on any atom is 0.248 e. The van der Waals surface area contributed by atoms with E-state index in [0.717, 1.165) is 20.9 Å². The molecule has 3 rings (SSSR count). The van der Waals surface area contributed by atoms with E-state index in [2.05, 4.69) is 20.8 Å². The molecule has 1 amide bonds. The minimum atomic E-state index is -0.349. The zero-order valence-corrected chi connectivity index (χ0v) is 14.0. The first-order valence-corrected chi connectivity index (χ1v) is 8.24. The van der Waals surface area contributed by atoms with Crippen LogP contribution in [-0.4, -0.2) is 22.1 Å². The molecule has 0 bridgehead atoms. The van der Waals surface area contributed by atoms with Gasteiger partial charge in [-0.3, -0.25) is 4.79 Å². The fourth-order valence-electron chi connectivity index (χ4n) is 2.32. The largest absolute Gasteiger partial charge is 0.374 e. The molecule has 7 heteroatoms. The molecule has 1 atom stereocenters. The molecule has 0 fully saturated rings. The van der Waals surface area contributed by atoms with E-state index in [1.807, 2.05) is 32.0 Å². The minimum absolute atomic E-state index is 0.138. The van der Waals surface area contributed by atoms with Gasteiger partial charge in [0.25, 0.3) is 0 Å². The van der Waals surface area contributed by atoms with Gasteiger partial charge < -0.3 is 15.2 Å². The number of rotatable bonds is 5. The second-order valence-corrected chi connectivity index (χ2v) is 6.57. The van der Waals surface area contributed by atoms with Gasteiger partial charge in [-0.15, -0.1) is 11.3 Å². The maximum absolute atomic E-state index is 12.4. The molecule has 0 radical (unpaired) electrons. The van der Waals surface area contributed by atoms with Crippen LogP contribution in [0.25, 0.3) is 10.2 Å². The number of fused-ring (bicyclic) bond motifs is 1. The molecule has 6 nitrogen and oxygen atoms in total. The Hall–Kier alpha value is -2.41. The third kappa shape index (κ3) is 3.50. The van der Waals surface area contributed by atoms with Gasteiger partial charge in [0.15, 0.2) is 5.82 Å². The molecule has 0 aliphatic carbocycles. The van der Waals surface area contributed by atoms with E-state index < -0.39 is 0 Å². The number of benzene rings is 1. The predicted molar refractivity (Wildman–Crippen MR) is 91.9 cm³/mol. The molecular formula is C16H18N4O2S. The first kappa shape index (κ1) is 15.5. The van der Waals surface area contributed by atoms with Crippen molar-refractivity contribution < 1.29 is 9.32 Å². The van der Waals surface area contributed by atoms with Crippen LogP contribution < -0.4 is 10.6 Å². The van der Waals surface area contributed by atoms with E-state index in [4.69, 9.17) is 4.52 Å². The summed E-state index contributed by atoms with van der Waals surface area (Å²) in [5, 5.41) is 10.8. The Morgan fingerprint density at radius 2 is 2.17 bits per heavy atom. The van der Waals surface area contributed by atoms with Gasteiger partial charge in [0.05, 0.1) is 15.2 Å². The number of thiazole rings is 1. The van der Waals surface area contributed by atoms with Crippen molar-refractivity contribution in [2.75, 3.05) is 10.6 Å². The lowest BCUT2D eigenvalue weighted by atomic mass is 10.2. The molecule has 1 aromatic carbocycles. The summed E-state index contributed by atoms with van der Waals surface area (Å²) in [4.78, 5) is 16.8. The monoisotopic (exact) mass is 330 g/mol. The van der Waals surface area contributed by atoms with Crippen molar-refractivity contribution in [3.05, 3.63) is 35.0 Å². The molecule has 0 aliphatic heterocycles. The molecule has 2 heterocycles. The van der Waals surface area contributed by atoms with Crippen molar-refractivity contribution >= 4 is 39.0 Å². The third-order valence-corrected chi connectivity index (χ3v) is 4.37. The summed E-state index contributed by atoms with van der Waals surface area (Å²) in [6.45, 7) is 5.73. The number of amides is 1. The average molecular weight is 330 g/mol. The average Bonchev–Trinajstić information content (AvgIpc) is 3.08. The number of hydrogen-bond acceptors (Lipinski definition) is 6. The fraction of sp³-hybridized carbons (Fsp3) is 0.312. The predicted octanol–water partition coefficient (Wildman–Crippen LogP) is 3.73. The van der Waals surface area contributed by atoms with Gasteiger partial charge >= 0.3 is 0 Å². The Bertz CT molecular complexity index is 840. The van der Waals surface area contributed by atoms with E-state index in [1.54, 1.807) is 24.3 Å². The molecule has 0 saturated heterocycles. The molecule has 0 saturated carbocycles. The lowest BCUT2D eigenvalue weighted by Gasteiger charge is -2.17. The van der Waals surface area contributed by atoms with Crippen LogP contribution in [-0.2, 0) is 4.79 Å². The summed E-state index contributed by atoms with van der Waals surface area (Å²) in [7, 11) is 0. The van der Waals surface area contributed by atoms with Crippen molar-refractivity contribution in [1.82, 2.24) is 10.1 Å². The first-order chi connectivity index (χ1) is 11.0. The van der Waals surface area contributed by atoms with Crippen LogP contribution in [0.4, 0.5) is 11.5 Å². The molecule has 2 aromatic heterocycles. The van der Waals surface area contributed by atoms with Crippen molar-refractivity contribution in [2.45, 2.75) is 33.2 Å². The molecular weight excluding hydrogens is 312 g/mol. The number of aryl methyl sites for hydroxylation is 2. The Morgan fingerprint density at radius 1 is 1.35 bits per heavy atom. The Kier molecular flexibility index (Phi) is 4.29. The Morgan fingerprint density at radius 3 is 2.87 bits per heavy atom. The van der Waals surface area contributed by atoms with E-state index in [1.165, 1.54) is 0 Å².